The van der Waals surface area contributed by atoms with Crippen LogP contribution in [-0.4, -0.2) is 51.9 Å². The van der Waals surface area contributed by atoms with Gasteiger partial charge < -0.3 is 25.4 Å². The van der Waals surface area contributed by atoms with Crippen LogP contribution >= 0.6 is 23.2 Å². The number of hydrogen-bond acceptors (Lipinski definition) is 5. The molecule has 1 saturated carbocycles. The van der Waals surface area contributed by atoms with Gasteiger partial charge >= 0.3 is 6.09 Å². The highest BCUT2D eigenvalue weighted by Crippen LogP contribution is 2.31. The van der Waals surface area contributed by atoms with Gasteiger partial charge in [0.1, 0.15) is 6.10 Å². The zero-order valence-electron chi connectivity index (χ0n) is 21.5. The third kappa shape index (κ3) is 9.49. The van der Waals surface area contributed by atoms with Crippen LogP contribution < -0.4 is 16.0 Å². The van der Waals surface area contributed by atoms with Gasteiger partial charge in [-0.2, -0.15) is 0 Å². The molecule has 0 spiro atoms. The highest BCUT2D eigenvalue weighted by atomic mass is 35.5. The molecule has 202 valence electrons. The molecule has 2 aromatic carbocycles. The van der Waals surface area contributed by atoms with Crippen LogP contribution in [0.15, 0.2) is 42.5 Å². The molecule has 3 rings (SSSR count). The first kappa shape index (κ1) is 29.2. The number of likely N-dealkylation sites (N-methyl/N-ethyl adjacent to an activating group) is 1. The fraction of sp³-hybridized carbons (Fsp3) is 0.500. The number of amides is 2. The largest absolute Gasteiger partial charge is 0.453 e. The minimum Gasteiger partial charge on any atom is -0.453 e. The second-order valence-corrected chi connectivity index (χ2v) is 10.3. The molecular weight excluding hydrogens is 513 g/mol. The molecule has 3 N–H and O–H groups in total. The van der Waals surface area contributed by atoms with Gasteiger partial charge in [0.15, 0.2) is 0 Å². The van der Waals surface area contributed by atoms with Gasteiger partial charge in [-0.05, 0) is 60.8 Å². The van der Waals surface area contributed by atoms with Crippen LogP contribution in [0.5, 0.6) is 0 Å². The Morgan fingerprint density at radius 2 is 1.76 bits per heavy atom. The Kier molecular flexibility index (Phi) is 12.0. The lowest BCUT2D eigenvalue weighted by Crippen LogP contribution is -2.40. The lowest BCUT2D eigenvalue weighted by atomic mass is 9.85. The Morgan fingerprint density at radius 3 is 2.46 bits per heavy atom. The predicted octanol–water partition coefficient (Wildman–Crippen LogP) is 5.74. The maximum absolute atomic E-state index is 13.1. The number of carbonyl (C=O) groups is 2. The van der Waals surface area contributed by atoms with E-state index in [1.807, 2.05) is 25.2 Å². The van der Waals surface area contributed by atoms with E-state index in [1.165, 1.54) is 39.2 Å². The molecule has 1 fully saturated rings. The number of ether oxygens (including phenoxy) is 2. The molecule has 0 aromatic heterocycles. The summed E-state index contributed by atoms with van der Waals surface area (Å²) >= 11 is 12.7. The highest BCUT2D eigenvalue weighted by molar-refractivity contribution is 6.31. The lowest BCUT2D eigenvalue weighted by molar-refractivity contribution is 0.0804. The summed E-state index contributed by atoms with van der Waals surface area (Å²) in [5.74, 6) is 0.523. The molecule has 0 heterocycles. The van der Waals surface area contributed by atoms with E-state index in [1.54, 1.807) is 24.3 Å². The number of nitrogens with one attached hydrogen (secondary N) is 3. The van der Waals surface area contributed by atoms with Gasteiger partial charge in [0.2, 0.25) is 0 Å². The number of methoxy groups -OCH3 is 1. The topological polar surface area (TPSA) is 88.7 Å². The average Bonchev–Trinajstić information content (AvgIpc) is 2.90. The molecule has 9 heteroatoms. The van der Waals surface area contributed by atoms with Crippen molar-refractivity contribution in [1.29, 1.82) is 0 Å². The maximum Gasteiger partial charge on any atom is 0.406 e. The maximum atomic E-state index is 13.1. The first-order valence-corrected chi connectivity index (χ1v) is 13.6. The van der Waals surface area contributed by atoms with Crippen molar-refractivity contribution in [3.8, 4) is 0 Å². The van der Waals surface area contributed by atoms with Crippen molar-refractivity contribution in [3.05, 3.63) is 69.2 Å². The monoisotopic (exact) mass is 549 g/mol. The molecule has 0 saturated heterocycles. The molecule has 0 radical (unpaired) electrons. The summed E-state index contributed by atoms with van der Waals surface area (Å²) < 4.78 is 10.7. The lowest BCUT2D eigenvalue weighted by Gasteiger charge is -2.26. The Hall–Kier alpha value is -2.32. The van der Waals surface area contributed by atoms with Gasteiger partial charge in [-0.3, -0.25) is 4.79 Å². The van der Waals surface area contributed by atoms with Crippen molar-refractivity contribution < 1.29 is 19.1 Å². The number of alkyl carbamates (subject to hydrolysis) is 1. The smallest absolute Gasteiger partial charge is 0.406 e. The third-order valence-electron chi connectivity index (χ3n) is 6.74. The van der Waals surface area contributed by atoms with Crippen LogP contribution in [0.3, 0.4) is 0 Å². The van der Waals surface area contributed by atoms with Crippen molar-refractivity contribution in [3.63, 3.8) is 0 Å². The first-order chi connectivity index (χ1) is 17.9. The molecule has 0 aliphatic heterocycles. The second kappa shape index (κ2) is 15.2. The van der Waals surface area contributed by atoms with E-state index in [4.69, 9.17) is 27.9 Å². The quantitative estimate of drug-likeness (QED) is 0.293. The van der Waals surface area contributed by atoms with Gasteiger partial charge in [0.05, 0.1) is 13.7 Å². The standard InChI is InChI=1S/C28H37Cl2N3O4/c1-31-25(13-19-7-4-3-5-8-19)18-33-27(34)22-14-21(16-24(30)17-22)26(20-9-6-10-23(29)15-20)37-12-11-32-28(35)36-2/h6,9-10,14-17,19,25-26,31H,3-5,7-8,11-13,18H2,1-2H3,(H,32,35)(H,33,34)/t25-,26?/m0/s1. The Morgan fingerprint density at radius 1 is 1.00 bits per heavy atom. The summed E-state index contributed by atoms with van der Waals surface area (Å²) in [6.07, 6.45) is 6.44. The zero-order chi connectivity index (χ0) is 26.6. The molecule has 1 aliphatic carbocycles. The van der Waals surface area contributed by atoms with E-state index in [2.05, 4.69) is 20.7 Å². The minimum absolute atomic E-state index is 0.190. The van der Waals surface area contributed by atoms with Gasteiger partial charge in [-0.15, -0.1) is 0 Å². The van der Waals surface area contributed by atoms with E-state index < -0.39 is 12.2 Å². The van der Waals surface area contributed by atoms with Crippen LogP contribution in [-0.2, 0) is 9.47 Å². The molecule has 2 atom stereocenters. The number of carbonyl (C=O) groups excluding carboxylic acids is 2. The van der Waals surface area contributed by atoms with Crippen LogP contribution in [0, 0.1) is 5.92 Å². The normalized spacial score (nSPS) is 15.6. The molecule has 1 aliphatic rings. The number of benzene rings is 2. The summed E-state index contributed by atoms with van der Waals surface area (Å²) in [5.41, 5.74) is 1.98. The second-order valence-electron chi connectivity index (χ2n) is 9.43. The van der Waals surface area contributed by atoms with Gasteiger partial charge in [0, 0.05) is 34.7 Å². The van der Waals surface area contributed by atoms with Crippen molar-refractivity contribution in [2.75, 3.05) is 33.9 Å². The molecule has 1 unspecified atom stereocenters. The fourth-order valence-electron chi connectivity index (χ4n) is 4.80. The average molecular weight is 551 g/mol. The first-order valence-electron chi connectivity index (χ1n) is 12.8. The highest BCUT2D eigenvalue weighted by Gasteiger charge is 2.21. The van der Waals surface area contributed by atoms with Crippen LogP contribution in [0.2, 0.25) is 10.0 Å². The van der Waals surface area contributed by atoms with E-state index in [9.17, 15) is 9.59 Å². The summed E-state index contributed by atoms with van der Waals surface area (Å²) in [6.45, 7) is 1.01. The molecule has 7 nitrogen and oxygen atoms in total. The van der Waals surface area contributed by atoms with E-state index >= 15 is 0 Å². The minimum atomic E-state index is -0.542. The van der Waals surface area contributed by atoms with Gasteiger partial charge in [-0.25, -0.2) is 4.79 Å². The predicted molar refractivity (Wildman–Crippen MR) is 147 cm³/mol. The van der Waals surface area contributed by atoms with E-state index in [0.717, 1.165) is 12.0 Å². The van der Waals surface area contributed by atoms with Crippen molar-refractivity contribution >= 4 is 35.2 Å². The van der Waals surface area contributed by atoms with Gasteiger partial charge in [0.25, 0.3) is 5.91 Å². The molecule has 0 bridgehead atoms. The van der Waals surface area contributed by atoms with Crippen molar-refractivity contribution in [2.24, 2.45) is 5.92 Å². The summed E-state index contributed by atoms with van der Waals surface area (Å²) in [5, 5.41) is 10.0. The van der Waals surface area contributed by atoms with Gasteiger partial charge in [-0.1, -0.05) is 67.4 Å². The van der Waals surface area contributed by atoms with Crippen LogP contribution in [0.1, 0.15) is 66.1 Å². The van der Waals surface area contributed by atoms with E-state index in [0.29, 0.717) is 33.6 Å². The summed E-state index contributed by atoms with van der Waals surface area (Å²) in [4.78, 5) is 24.5. The number of halogens is 2. The zero-order valence-corrected chi connectivity index (χ0v) is 23.0. The summed E-state index contributed by atoms with van der Waals surface area (Å²) in [6, 6.07) is 12.8. The number of rotatable bonds is 12. The van der Waals surface area contributed by atoms with Crippen molar-refractivity contribution in [2.45, 2.75) is 50.7 Å². The van der Waals surface area contributed by atoms with Crippen LogP contribution in [0.4, 0.5) is 4.79 Å². The number of hydrogen-bond donors (Lipinski definition) is 3. The SMILES string of the molecule is CN[C@H](CNC(=O)c1cc(Cl)cc(C(OCCNC(=O)OC)c2cccc(Cl)c2)c1)CC1CCCCC1. The van der Waals surface area contributed by atoms with Crippen LogP contribution in [0.25, 0.3) is 0 Å². The molecule has 2 aromatic rings. The fourth-order valence-corrected chi connectivity index (χ4v) is 5.24. The Labute approximate surface area is 229 Å². The molecular formula is C28H37Cl2N3O4. The summed E-state index contributed by atoms with van der Waals surface area (Å²) in [7, 11) is 3.25. The molecule has 2 amide bonds. The Bertz CT molecular complexity index is 1030. The third-order valence-corrected chi connectivity index (χ3v) is 7.19. The van der Waals surface area contributed by atoms with Crippen molar-refractivity contribution in [1.82, 2.24) is 16.0 Å². The molecule has 37 heavy (non-hydrogen) atoms. The Balaban J connectivity index is 1.71. The van der Waals surface area contributed by atoms with E-state index in [-0.39, 0.29) is 25.1 Å².